The Kier molecular flexibility index (Phi) is 3.21. The molecule has 0 spiro atoms. The molecule has 1 aromatic heterocycles. The van der Waals surface area contributed by atoms with Crippen molar-refractivity contribution >= 4 is 21.2 Å². The number of rotatable bonds is 4. The molecule has 1 aromatic rings. The van der Waals surface area contributed by atoms with Crippen molar-refractivity contribution in [2.75, 3.05) is 11.5 Å². The number of hydrogen-bond donors (Lipinski definition) is 1. The Labute approximate surface area is 112 Å². The zero-order valence-corrected chi connectivity index (χ0v) is 11.8. The third-order valence-electron chi connectivity index (χ3n) is 3.75. The number of nitrogens with zero attached hydrogens (tertiary/aromatic N) is 1. The van der Waals surface area contributed by atoms with Gasteiger partial charge < -0.3 is 5.73 Å². The van der Waals surface area contributed by atoms with E-state index in [-0.39, 0.29) is 23.6 Å². The van der Waals surface area contributed by atoms with Gasteiger partial charge in [0.2, 0.25) is 0 Å². The van der Waals surface area contributed by atoms with Crippen LogP contribution in [0.15, 0.2) is 16.8 Å². The third-order valence-corrected chi connectivity index (χ3v) is 6.23. The molecule has 1 saturated heterocycles. The minimum Gasteiger partial charge on any atom is -0.325 e. The highest BCUT2D eigenvalue weighted by atomic mass is 32.2. The van der Waals surface area contributed by atoms with Crippen LogP contribution in [0.1, 0.15) is 18.4 Å². The van der Waals surface area contributed by atoms with Crippen molar-refractivity contribution in [3.8, 4) is 0 Å². The fraction of sp³-hybridized carbons (Fsp3) is 0.667. The molecule has 0 radical (unpaired) electrons. The molecular formula is C12H18N2O2S2. The van der Waals surface area contributed by atoms with Gasteiger partial charge in [0.05, 0.1) is 11.5 Å². The SMILES string of the molecule is NC1CS(=O)(=O)CC1N(Cc1ccsc1)C1CC1. The second-order valence-electron chi connectivity index (χ2n) is 5.34. The maximum absolute atomic E-state index is 11.7. The molecule has 0 bridgehead atoms. The van der Waals surface area contributed by atoms with Crippen LogP contribution in [0.4, 0.5) is 0 Å². The van der Waals surface area contributed by atoms with Gasteiger partial charge in [0.15, 0.2) is 9.84 Å². The van der Waals surface area contributed by atoms with Gasteiger partial charge in [-0.2, -0.15) is 11.3 Å². The van der Waals surface area contributed by atoms with E-state index in [0.29, 0.717) is 6.04 Å². The second-order valence-corrected chi connectivity index (χ2v) is 8.28. The van der Waals surface area contributed by atoms with Crippen molar-refractivity contribution in [2.24, 2.45) is 5.73 Å². The van der Waals surface area contributed by atoms with Crippen LogP contribution in [-0.2, 0) is 16.4 Å². The molecule has 3 rings (SSSR count). The van der Waals surface area contributed by atoms with Crippen molar-refractivity contribution < 1.29 is 8.42 Å². The molecule has 2 heterocycles. The number of sulfone groups is 1. The van der Waals surface area contributed by atoms with Gasteiger partial charge in [0.25, 0.3) is 0 Å². The Balaban J connectivity index is 1.78. The fourth-order valence-corrected chi connectivity index (χ4v) is 5.28. The van der Waals surface area contributed by atoms with Gasteiger partial charge in [-0.05, 0) is 35.2 Å². The molecule has 100 valence electrons. The summed E-state index contributed by atoms with van der Waals surface area (Å²) >= 11 is 1.68. The van der Waals surface area contributed by atoms with Crippen LogP contribution in [0, 0.1) is 0 Å². The lowest BCUT2D eigenvalue weighted by molar-refractivity contribution is 0.179. The molecule has 18 heavy (non-hydrogen) atoms. The number of hydrogen-bond acceptors (Lipinski definition) is 5. The summed E-state index contributed by atoms with van der Waals surface area (Å²) in [7, 11) is -2.94. The summed E-state index contributed by atoms with van der Waals surface area (Å²) in [6.07, 6.45) is 2.35. The van der Waals surface area contributed by atoms with E-state index in [0.717, 1.165) is 6.54 Å². The highest BCUT2D eigenvalue weighted by Crippen LogP contribution is 2.33. The summed E-state index contributed by atoms with van der Waals surface area (Å²) in [5.41, 5.74) is 7.30. The molecule has 2 unspecified atom stereocenters. The first-order chi connectivity index (χ1) is 8.55. The molecule has 2 N–H and O–H groups in total. The fourth-order valence-electron chi connectivity index (χ4n) is 2.71. The van der Waals surface area contributed by atoms with E-state index < -0.39 is 9.84 Å². The standard InChI is InChI=1S/C12H18N2O2S2/c13-11-7-18(15,16)8-12(11)14(10-1-2-10)5-9-3-4-17-6-9/h3-4,6,10-12H,1-2,5,7-8,13H2. The maximum atomic E-state index is 11.7. The molecular weight excluding hydrogens is 268 g/mol. The summed E-state index contributed by atoms with van der Waals surface area (Å²) in [5, 5.41) is 4.19. The minimum absolute atomic E-state index is 0.00222. The van der Waals surface area contributed by atoms with Crippen molar-refractivity contribution in [3.05, 3.63) is 22.4 Å². The van der Waals surface area contributed by atoms with Crippen molar-refractivity contribution in [1.29, 1.82) is 0 Å². The summed E-state index contributed by atoms with van der Waals surface area (Å²) in [6, 6.07) is 2.42. The first-order valence-corrected chi connectivity index (χ1v) is 9.04. The van der Waals surface area contributed by atoms with Crippen LogP contribution in [0.25, 0.3) is 0 Å². The van der Waals surface area contributed by atoms with Gasteiger partial charge in [-0.1, -0.05) is 0 Å². The molecule has 0 amide bonds. The van der Waals surface area contributed by atoms with Gasteiger partial charge in [0.1, 0.15) is 0 Å². The van der Waals surface area contributed by atoms with Gasteiger partial charge in [-0.25, -0.2) is 8.42 Å². The van der Waals surface area contributed by atoms with Crippen molar-refractivity contribution in [2.45, 2.75) is 37.5 Å². The van der Waals surface area contributed by atoms with Crippen LogP contribution in [-0.4, -0.2) is 42.9 Å². The van der Waals surface area contributed by atoms with Crippen molar-refractivity contribution in [3.63, 3.8) is 0 Å². The summed E-state index contributed by atoms with van der Waals surface area (Å²) < 4.78 is 23.4. The molecule has 6 heteroatoms. The van der Waals surface area contributed by atoms with Crippen LogP contribution >= 0.6 is 11.3 Å². The summed E-state index contributed by atoms with van der Waals surface area (Å²) in [5.74, 6) is 0.374. The smallest absolute Gasteiger partial charge is 0.153 e. The molecule has 2 fully saturated rings. The molecule has 1 saturated carbocycles. The van der Waals surface area contributed by atoms with Crippen LogP contribution in [0.2, 0.25) is 0 Å². The average Bonchev–Trinajstić information content (AvgIpc) is 2.92. The molecule has 4 nitrogen and oxygen atoms in total. The first-order valence-electron chi connectivity index (χ1n) is 6.28. The normalized spacial score (nSPS) is 31.0. The lowest BCUT2D eigenvalue weighted by atomic mass is 10.1. The van der Waals surface area contributed by atoms with E-state index >= 15 is 0 Å². The molecule has 1 aliphatic heterocycles. The van der Waals surface area contributed by atoms with E-state index in [1.807, 2.05) is 0 Å². The van der Waals surface area contributed by atoms with Gasteiger partial charge in [0, 0.05) is 24.7 Å². The Bertz CT molecular complexity index is 508. The molecule has 1 aliphatic carbocycles. The lowest BCUT2D eigenvalue weighted by Gasteiger charge is -2.30. The van der Waals surface area contributed by atoms with Gasteiger partial charge in [-0.3, -0.25) is 4.90 Å². The van der Waals surface area contributed by atoms with Crippen molar-refractivity contribution in [1.82, 2.24) is 4.90 Å². The van der Waals surface area contributed by atoms with Crippen LogP contribution in [0.3, 0.4) is 0 Å². The topological polar surface area (TPSA) is 63.4 Å². The zero-order valence-electron chi connectivity index (χ0n) is 10.2. The number of thiophene rings is 1. The largest absolute Gasteiger partial charge is 0.325 e. The predicted octanol–water partition coefficient (Wildman–Crippen LogP) is 0.837. The van der Waals surface area contributed by atoms with E-state index in [2.05, 4.69) is 21.7 Å². The predicted molar refractivity (Wildman–Crippen MR) is 73.3 cm³/mol. The van der Waals surface area contributed by atoms with Crippen LogP contribution in [0.5, 0.6) is 0 Å². The minimum atomic E-state index is -2.94. The summed E-state index contributed by atoms with van der Waals surface area (Å²) in [4.78, 5) is 2.32. The van der Waals surface area contributed by atoms with E-state index in [1.165, 1.54) is 18.4 Å². The Morgan fingerprint density at radius 3 is 2.67 bits per heavy atom. The van der Waals surface area contributed by atoms with Crippen LogP contribution < -0.4 is 5.73 Å². The van der Waals surface area contributed by atoms with E-state index in [1.54, 1.807) is 11.3 Å². The maximum Gasteiger partial charge on any atom is 0.153 e. The van der Waals surface area contributed by atoms with E-state index in [9.17, 15) is 8.42 Å². The highest BCUT2D eigenvalue weighted by molar-refractivity contribution is 7.91. The second kappa shape index (κ2) is 4.59. The quantitative estimate of drug-likeness (QED) is 0.891. The Morgan fingerprint density at radius 1 is 1.39 bits per heavy atom. The lowest BCUT2D eigenvalue weighted by Crippen LogP contribution is -2.47. The number of nitrogens with two attached hydrogens (primary N) is 1. The Morgan fingerprint density at radius 2 is 2.17 bits per heavy atom. The third kappa shape index (κ3) is 2.61. The molecule has 0 aromatic carbocycles. The average molecular weight is 286 g/mol. The first kappa shape index (κ1) is 12.6. The highest BCUT2D eigenvalue weighted by Gasteiger charge is 2.43. The Hall–Kier alpha value is -0.430. The molecule has 2 aliphatic rings. The summed E-state index contributed by atoms with van der Waals surface area (Å²) in [6.45, 7) is 0.835. The monoisotopic (exact) mass is 286 g/mol. The van der Waals surface area contributed by atoms with E-state index in [4.69, 9.17) is 5.73 Å². The zero-order chi connectivity index (χ0) is 12.8. The van der Waals surface area contributed by atoms with Gasteiger partial charge in [-0.15, -0.1) is 0 Å². The molecule has 2 atom stereocenters. The van der Waals surface area contributed by atoms with Gasteiger partial charge >= 0.3 is 0 Å².